The van der Waals surface area contributed by atoms with E-state index in [1.54, 1.807) is 4.90 Å². The average Bonchev–Trinajstić information content (AvgIpc) is 2.95. The van der Waals surface area contributed by atoms with Crippen molar-refractivity contribution in [2.45, 2.75) is 25.4 Å². The highest BCUT2D eigenvalue weighted by Gasteiger charge is 2.55. The van der Waals surface area contributed by atoms with Gasteiger partial charge >= 0.3 is 12.1 Å². The van der Waals surface area contributed by atoms with Gasteiger partial charge in [0.15, 0.2) is 0 Å². The van der Waals surface area contributed by atoms with Crippen molar-refractivity contribution in [1.29, 1.82) is 0 Å². The van der Waals surface area contributed by atoms with Crippen LogP contribution in [-0.2, 0) is 11.0 Å². The molecule has 0 spiro atoms. The summed E-state index contributed by atoms with van der Waals surface area (Å²) < 4.78 is 38.1. The monoisotopic (exact) mass is 300 g/mol. The normalized spacial score (nSPS) is 28.7. The van der Waals surface area contributed by atoms with Gasteiger partial charge < -0.3 is 10.0 Å². The summed E-state index contributed by atoms with van der Waals surface area (Å²) in [7, 11) is 0. The van der Waals surface area contributed by atoms with Gasteiger partial charge in [-0.3, -0.25) is 9.78 Å². The second kappa shape index (κ2) is 4.61. The number of carboxylic acid groups (broad SMARTS) is 1. The Morgan fingerprint density at radius 2 is 2.24 bits per heavy atom. The molecular formula is C14H15F3N2O2. The van der Waals surface area contributed by atoms with Crippen LogP contribution in [0.3, 0.4) is 0 Å². The summed E-state index contributed by atoms with van der Waals surface area (Å²) in [6.45, 7) is 0.766. The van der Waals surface area contributed by atoms with Crippen LogP contribution < -0.4 is 4.90 Å². The number of anilines is 1. The van der Waals surface area contributed by atoms with Crippen molar-refractivity contribution in [2.24, 2.45) is 11.3 Å². The minimum absolute atomic E-state index is 0.0116. The number of aliphatic carboxylic acids is 1. The van der Waals surface area contributed by atoms with E-state index in [0.29, 0.717) is 18.7 Å². The summed E-state index contributed by atoms with van der Waals surface area (Å²) in [5, 5.41) is 9.50. The molecule has 3 rings (SSSR count). The first-order chi connectivity index (χ1) is 9.83. The third-order valence-electron chi connectivity index (χ3n) is 4.70. The number of pyridine rings is 1. The maximum atomic E-state index is 12.7. The molecule has 4 nitrogen and oxygen atoms in total. The molecule has 2 heterocycles. The number of halogens is 3. The molecule has 0 aromatic carbocycles. The molecule has 7 heteroatoms. The smallest absolute Gasteiger partial charge is 0.433 e. The Balaban J connectivity index is 1.89. The van der Waals surface area contributed by atoms with Crippen LogP contribution in [0.4, 0.5) is 18.9 Å². The zero-order valence-corrected chi connectivity index (χ0v) is 11.2. The molecule has 0 bridgehead atoms. The maximum Gasteiger partial charge on any atom is 0.433 e. The van der Waals surface area contributed by atoms with E-state index >= 15 is 0 Å². The van der Waals surface area contributed by atoms with Crippen molar-refractivity contribution < 1.29 is 23.1 Å². The maximum absolute atomic E-state index is 12.7. The van der Waals surface area contributed by atoms with Crippen molar-refractivity contribution in [3.8, 4) is 0 Å². The second-order valence-electron chi connectivity index (χ2n) is 5.83. The van der Waals surface area contributed by atoms with Crippen LogP contribution in [0.5, 0.6) is 0 Å². The SMILES string of the molecule is O=C(O)[C@@]12CCC[C@H]1CN(c1ccnc(C(F)(F)F)c1)C2. The Kier molecular flexibility index (Phi) is 3.11. The summed E-state index contributed by atoms with van der Waals surface area (Å²) in [6, 6.07) is 2.50. The number of alkyl halides is 3. The predicted molar refractivity (Wildman–Crippen MR) is 68.9 cm³/mol. The topological polar surface area (TPSA) is 53.4 Å². The van der Waals surface area contributed by atoms with Gasteiger partial charge in [0.05, 0.1) is 5.41 Å². The lowest BCUT2D eigenvalue weighted by molar-refractivity contribution is -0.149. The average molecular weight is 300 g/mol. The predicted octanol–water partition coefficient (Wildman–Crippen LogP) is 2.79. The Morgan fingerprint density at radius 3 is 2.86 bits per heavy atom. The minimum atomic E-state index is -4.49. The van der Waals surface area contributed by atoms with Crippen LogP contribution in [0.15, 0.2) is 18.3 Å². The minimum Gasteiger partial charge on any atom is -0.481 e. The third kappa shape index (κ3) is 2.24. The van der Waals surface area contributed by atoms with Gasteiger partial charge in [-0.15, -0.1) is 0 Å². The molecule has 0 unspecified atom stereocenters. The van der Waals surface area contributed by atoms with Gasteiger partial charge in [-0.1, -0.05) is 6.42 Å². The van der Waals surface area contributed by atoms with Gasteiger partial charge in [0.25, 0.3) is 0 Å². The fraction of sp³-hybridized carbons (Fsp3) is 0.571. The molecule has 0 radical (unpaired) electrons. The van der Waals surface area contributed by atoms with Crippen molar-refractivity contribution in [1.82, 2.24) is 4.98 Å². The van der Waals surface area contributed by atoms with Gasteiger partial charge in [-0.2, -0.15) is 13.2 Å². The summed E-state index contributed by atoms with van der Waals surface area (Å²) in [4.78, 5) is 16.7. The first kappa shape index (κ1) is 14.2. The summed E-state index contributed by atoms with van der Waals surface area (Å²) in [6.07, 6.45) is -1.08. The number of hydrogen-bond acceptors (Lipinski definition) is 3. The van der Waals surface area contributed by atoms with Gasteiger partial charge in [0.1, 0.15) is 5.69 Å². The van der Waals surface area contributed by atoms with E-state index in [1.165, 1.54) is 6.07 Å². The lowest BCUT2D eigenvalue weighted by Crippen LogP contribution is -2.35. The number of carbonyl (C=O) groups is 1. The molecule has 1 aliphatic heterocycles. The lowest BCUT2D eigenvalue weighted by atomic mass is 9.81. The van der Waals surface area contributed by atoms with E-state index in [9.17, 15) is 23.1 Å². The molecule has 1 aromatic rings. The van der Waals surface area contributed by atoms with Crippen molar-refractivity contribution in [3.05, 3.63) is 24.0 Å². The largest absolute Gasteiger partial charge is 0.481 e. The molecule has 2 aliphatic rings. The Morgan fingerprint density at radius 1 is 1.48 bits per heavy atom. The molecule has 21 heavy (non-hydrogen) atoms. The molecule has 1 aromatic heterocycles. The van der Waals surface area contributed by atoms with Crippen molar-refractivity contribution in [3.63, 3.8) is 0 Å². The Labute approximate surface area is 119 Å². The molecule has 1 saturated heterocycles. The summed E-state index contributed by atoms with van der Waals surface area (Å²) in [5.41, 5.74) is -1.35. The zero-order valence-electron chi connectivity index (χ0n) is 11.2. The van der Waals surface area contributed by atoms with E-state index in [4.69, 9.17) is 0 Å². The number of aromatic nitrogens is 1. The van der Waals surface area contributed by atoms with Gasteiger partial charge in [0.2, 0.25) is 0 Å². The molecular weight excluding hydrogens is 285 g/mol. The number of rotatable bonds is 2. The quantitative estimate of drug-likeness (QED) is 0.912. The molecule has 114 valence electrons. The fourth-order valence-electron chi connectivity index (χ4n) is 3.61. The molecule has 2 atom stereocenters. The number of carboxylic acids is 1. The van der Waals surface area contributed by atoms with E-state index in [0.717, 1.165) is 25.1 Å². The summed E-state index contributed by atoms with van der Waals surface area (Å²) >= 11 is 0. The molecule has 0 amide bonds. The standard InChI is InChI=1S/C14H15F3N2O2/c15-14(16,17)11-6-10(3-5-18-11)19-7-9-2-1-4-13(9,8-19)12(20)21/h3,5-6,9H,1-2,4,7-8H2,(H,20,21)/t9-,13+/m0/s1. The van der Waals surface area contributed by atoms with Crippen LogP contribution >= 0.6 is 0 Å². The summed E-state index contributed by atoms with van der Waals surface area (Å²) in [5.74, 6) is -0.824. The molecule has 2 fully saturated rings. The number of fused-ring (bicyclic) bond motifs is 1. The van der Waals surface area contributed by atoms with Crippen LogP contribution in [0.25, 0.3) is 0 Å². The fourth-order valence-corrected chi connectivity index (χ4v) is 3.61. The first-order valence-electron chi connectivity index (χ1n) is 6.84. The van der Waals surface area contributed by atoms with Gasteiger partial charge in [0, 0.05) is 25.0 Å². The van der Waals surface area contributed by atoms with Crippen LogP contribution in [0.1, 0.15) is 25.0 Å². The highest BCUT2D eigenvalue weighted by atomic mass is 19.4. The lowest BCUT2D eigenvalue weighted by Gasteiger charge is -2.24. The Hall–Kier alpha value is -1.79. The zero-order chi connectivity index (χ0) is 15.3. The van der Waals surface area contributed by atoms with Crippen molar-refractivity contribution >= 4 is 11.7 Å². The highest BCUT2D eigenvalue weighted by Crippen LogP contribution is 2.50. The van der Waals surface area contributed by atoms with Crippen LogP contribution in [0, 0.1) is 11.3 Å². The highest BCUT2D eigenvalue weighted by molar-refractivity contribution is 5.78. The van der Waals surface area contributed by atoms with Crippen LogP contribution in [0.2, 0.25) is 0 Å². The number of nitrogens with zero attached hydrogens (tertiary/aromatic N) is 2. The van der Waals surface area contributed by atoms with Crippen molar-refractivity contribution in [2.75, 3.05) is 18.0 Å². The van der Waals surface area contributed by atoms with Gasteiger partial charge in [-0.05, 0) is 30.9 Å². The van der Waals surface area contributed by atoms with E-state index in [-0.39, 0.29) is 12.5 Å². The first-order valence-corrected chi connectivity index (χ1v) is 6.84. The molecule has 1 N–H and O–H groups in total. The number of hydrogen-bond donors (Lipinski definition) is 1. The van der Waals surface area contributed by atoms with E-state index in [1.807, 2.05) is 0 Å². The van der Waals surface area contributed by atoms with E-state index < -0.39 is 23.3 Å². The van der Waals surface area contributed by atoms with Crippen LogP contribution in [-0.4, -0.2) is 29.1 Å². The Bertz CT molecular complexity index is 576. The van der Waals surface area contributed by atoms with E-state index in [2.05, 4.69) is 4.98 Å². The third-order valence-corrected chi connectivity index (χ3v) is 4.70. The molecule has 1 saturated carbocycles. The van der Waals surface area contributed by atoms with Gasteiger partial charge in [-0.25, -0.2) is 0 Å². The molecule has 1 aliphatic carbocycles. The second-order valence-corrected chi connectivity index (χ2v) is 5.83.